The van der Waals surface area contributed by atoms with Gasteiger partial charge in [0, 0.05) is 55.3 Å². The van der Waals surface area contributed by atoms with Crippen LogP contribution in [-0.2, 0) is 10.8 Å². The normalized spacial score (nSPS) is 25.5. The lowest BCUT2D eigenvalue weighted by Gasteiger charge is -2.48. The highest BCUT2D eigenvalue weighted by Gasteiger charge is 2.63. The molecule has 3 heteroatoms. The Hall–Kier alpha value is -7.10. The van der Waals surface area contributed by atoms with Crippen LogP contribution in [0, 0.1) is 6.92 Å². The van der Waals surface area contributed by atoms with Gasteiger partial charge in [0.15, 0.2) is 11.6 Å². The van der Waals surface area contributed by atoms with Gasteiger partial charge in [0.1, 0.15) is 0 Å². The summed E-state index contributed by atoms with van der Waals surface area (Å²) in [5.74, 6) is -0.431. The molecule has 8 aromatic carbocycles. The van der Waals surface area contributed by atoms with Gasteiger partial charge in [0.25, 0.3) is 0 Å². The van der Waals surface area contributed by atoms with Crippen molar-refractivity contribution in [2.24, 2.45) is 0 Å². The second kappa shape index (κ2) is 11.5. The van der Waals surface area contributed by atoms with Gasteiger partial charge in [0.2, 0.25) is 0 Å². The van der Waals surface area contributed by atoms with Crippen LogP contribution >= 0.6 is 0 Å². The quantitative estimate of drug-likeness (QED) is 0.152. The lowest BCUT2D eigenvalue weighted by molar-refractivity contribution is 0.0966. The van der Waals surface area contributed by atoms with Gasteiger partial charge in [-0.05, 0) is 141 Å². The number of aryl methyl sites for hydroxylation is 1. The first kappa shape index (κ1) is 35.2. The summed E-state index contributed by atoms with van der Waals surface area (Å²) in [6.07, 6.45) is 7.31. The van der Waals surface area contributed by atoms with E-state index in [1.807, 2.05) is 0 Å². The van der Waals surface area contributed by atoms with E-state index >= 15 is 9.59 Å². The number of Topliss-reactive ketones (excluding diaryl/α,β-unsaturated/α-hetero) is 2. The van der Waals surface area contributed by atoms with E-state index in [1.54, 1.807) is 11.1 Å². The van der Waals surface area contributed by atoms with Crippen molar-refractivity contribution in [3.63, 3.8) is 0 Å². The fourth-order valence-corrected chi connectivity index (χ4v) is 16.6. The molecular weight excluding hydrogens is 803 g/mol. The molecule has 10 aromatic rings. The Bertz CT molecular complexity index is 3890. The van der Waals surface area contributed by atoms with Crippen molar-refractivity contribution in [1.82, 2.24) is 4.40 Å². The van der Waals surface area contributed by atoms with Gasteiger partial charge in [-0.15, -0.1) is 0 Å². The number of aromatic nitrogens is 1. The number of hydrogen-bond acceptors (Lipinski definition) is 2. The molecule has 0 unspecified atom stereocenters. The number of carbonyl (C=O) groups is 2. The van der Waals surface area contributed by atoms with Crippen LogP contribution in [0.4, 0.5) is 0 Å². The molecule has 2 heterocycles. The monoisotopic (exact) mass is 845 g/mol. The Morgan fingerprint density at radius 3 is 1.39 bits per heavy atom. The van der Waals surface area contributed by atoms with E-state index in [9.17, 15) is 0 Å². The summed E-state index contributed by atoms with van der Waals surface area (Å²) < 4.78 is 2.52. The van der Waals surface area contributed by atoms with Crippen molar-refractivity contribution in [3.8, 4) is 11.1 Å². The molecule has 66 heavy (non-hydrogen) atoms. The van der Waals surface area contributed by atoms with Crippen LogP contribution in [0.1, 0.15) is 155 Å². The average Bonchev–Trinajstić information content (AvgIpc) is 4.04. The predicted molar refractivity (Wildman–Crippen MR) is 262 cm³/mol. The van der Waals surface area contributed by atoms with Gasteiger partial charge < -0.3 is 4.40 Å². The zero-order valence-corrected chi connectivity index (χ0v) is 36.7. The van der Waals surface area contributed by atoms with E-state index < -0.39 is 0 Å². The molecule has 0 spiro atoms. The standard InChI is InChI=1S/C63H43NO2/c1-32-20-21-33-45-29-46-42-27-43-47(60(65)55-38-16-6-2-12-34(38)53(43)35-13-3-7-17-39(35)55)30-51(42)64-52-31-48-44(54-36-14-4-8-18-40(36)56(61(48)66)41-19-9-5-15-37(41)54)28-49(52)57(59(46)64)58(45)63-24-10-22-62(63,23-11-25-63)50(33)26-32/h2-9,12-21,26-31,53-56H,10-11,22-25H2,1H3. The molecule has 4 bridgehead atoms. The second-order valence-corrected chi connectivity index (χ2v) is 21.2. The van der Waals surface area contributed by atoms with E-state index in [1.165, 1.54) is 105 Å². The Morgan fingerprint density at radius 2 is 0.879 bits per heavy atom. The number of ketones is 2. The molecule has 2 fully saturated rings. The Morgan fingerprint density at radius 1 is 0.424 bits per heavy atom. The molecule has 2 saturated carbocycles. The molecule has 0 amide bonds. The van der Waals surface area contributed by atoms with Crippen LogP contribution in [-0.4, -0.2) is 16.0 Å². The van der Waals surface area contributed by atoms with Crippen molar-refractivity contribution in [2.75, 3.05) is 0 Å². The van der Waals surface area contributed by atoms with Crippen LogP contribution < -0.4 is 0 Å². The third-order valence-corrected chi connectivity index (χ3v) is 18.8. The van der Waals surface area contributed by atoms with Crippen LogP contribution in [0.25, 0.3) is 49.2 Å². The third-order valence-electron chi connectivity index (χ3n) is 18.8. The lowest BCUT2D eigenvalue weighted by Crippen LogP contribution is -2.43. The molecule has 3 nitrogen and oxygen atoms in total. The van der Waals surface area contributed by atoms with Crippen molar-refractivity contribution < 1.29 is 9.59 Å². The molecule has 0 radical (unpaired) electrons. The first-order valence-electron chi connectivity index (χ1n) is 24.4. The molecule has 19 rings (SSSR count). The highest BCUT2D eigenvalue weighted by molar-refractivity contribution is 6.28. The van der Waals surface area contributed by atoms with Gasteiger partial charge in [-0.2, -0.15) is 0 Å². The van der Waals surface area contributed by atoms with Gasteiger partial charge in [-0.3, -0.25) is 9.59 Å². The van der Waals surface area contributed by atoms with E-state index in [0.717, 1.165) is 55.5 Å². The van der Waals surface area contributed by atoms with Crippen molar-refractivity contribution in [1.29, 1.82) is 0 Å². The van der Waals surface area contributed by atoms with Gasteiger partial charge in [-0.1, -0.05) is 134 Å². The van der Waals surface area contributed by atoms with Crippen molar-refractivity contribution >= 4 is 49.7 Å². The number of benzene rings is 8. The number of rotatable bonds is 0. The summed E-state index contributed by atoms with van der Waals surface area (Å²) in [4.78, 5) is 31.0. The van der Waals surface area contributed by atoms with Crippen LogP contribution in [0.5, 0.6) is 0 Å². The molecule has 0 aliphatic heterocycles. The molecule has 0 N–H and O–H groups in total. The van der Waals surface area contributed by atoms with E-state index in [-0.39, 0.29) is 46.1 Å². The molecule has 0 saturated heterocycles. The SMILES string of the molecule is Cc1ccc2c(c1)C13CCCC1(CCC3)c1c-2cc2c3cc4c(cc3n3c5cc6c(cc5c1c23)C1c2ccccc2C(C6=O)c2ccccc21)C(=O)C1c2ccccc2C4c2ccccc21. The Kier molecular flexibility index (Phi) is 6.11. The van der Waals surface area contributed by atoms with Gasteiger partial charge >= 0.3 is 0 Å². The first-order valence-corrected chi connectivity index (χ1v) is 24.4. The minimum Gasteiger partial charge on any atom is -0.308 e. The highest BCUT2D eigenvalue weighted by atomic mass is 16.1. The van der Waals surface area contributed by atoms with Gasteiger partial charge in [0.05, 0.1) is 28.4 Å². The van der Waals surface area contributed by atoms with E-state index in [0.29, 0.717) is 0 Å². The van der Waals surface area contributed by atoms with Crippen molar-refractivity contribution in [3.05, 3.63) is 229 Å². The number of nitrogens with zero attached hydrogens (tertiary/aromatic N) is 1. The lowest BCUT2D eigenvalue weighted by atomic mass is 9.54. The molecule has 9 aliphatic carbocycles. The zero-order chi connectivity index (χ0) is 43.1. The second-order valence-electron chi connectivity index (χ2n) is 21.2. The summed E-state index contributed by atoms with van der Waals surface area (Å²) in [7, 11) is 0. The smallest absolute Gasteiger partial charge is 0.175 e. The molecule has 9 aliphatic rings. The van der Waals surface area contributed by atoms with Crippen LogP contribution in [0.3, 0.4) is 0 Å². The number of carbonyl (C=O) groups excluding carboxylic acids is 2. The van der Waals surface area contributed by atoms with E-state index in [4.69, 9.17) is 0 Å². The summed E-state index contributed by atoms with van der Waals surface area (Å²) in [6.45, 7) is 2.28. The summed E-state index contributed by atoms with van der Waals surface area (Å²) in [5.41, 5.74) is 24.2. The largest absolute Gasteiger partial charge is 0.308 e. The fraction of sp³-hybridized carbons (Fsp3) is 0.206. The van der Waals surface area contributed by atoms with E-state index in [2.05, 4.69) is 157 Å². The predicted octanol–water partition coefficient (Wildman–Crippen LogP) is 14.3. The zero-order valence-electron chi connectivity index (χ0n) is 36.7. The maximum absolute atomic E-state index is 15.5. The molecular formula is C63H43NO2. The average molecular weight is 846 g/mol. The molecule has 2 aromatic heterocycles. The third kappa shape index (κ3) is 3.71. The summed E-state index contributed by atoms with van der Waals surface area (Å²) in [5, 5.41) is 5.06. The minimum atomic E-state index is -0.352. The highest BCUT2D eigenvalue weighted by Crippen LogP contribution is 2.71. The number of hydrogen-bond donors (Lipinski definition) is 0. The minimum absolute atomic E-state index is 0.0233. The Balaban J connectivity index is 1.06. The van der Waals surface area contributed by atoms with Crippen LogP contribution in [0.2, 0.25) is 0 Å². The summed E-state index contributed by atoms with van der Waals surface area (Å²) >= 11 is 0. The maximum atomic E-state index is 15.5. The number of fused-ring (bicyclic) bond motifs is 10. The summed E-state index contributed by atoms with van der Waals surface area (Å²) in [6, 6.07) is 54.2. The fourth-order valence-electron chi connectivity index (χ4n) is 16.6. The maximum Gasteiger partial charge on any atom is 0.175 e. The van der Waals surface area contributed by atoms with Gasteiger partial charge in [-0.25, -0.2) is 0 Å². The molecule has 312 valence electrons. The topological polar surface area (TPSA) is 38.5 Å². The first-order chi connectivity index (χ1) is 32.5. The Labute approximate surface area is 382 Å². The van der Waals surface area contributed by atoms with Crippen LogP contribution in [0.15, 0.2) is 146 Å². The molecule has 0 atom stereocenters. The van der Waals surface area contributed by atoms with Crippen molar-refractivity contribution in [2.45, 2.75) is 80.0 Å².